The number of H-pyrrole nitrogens is 1. The summed E-state index contributed by atoms with van der Waals surface area (Å²) in [6.45, 7) is 5.94. The lowest BCUT2D eigenvalue weighted by Gasteiger charge is -2.13. The molecule has 190 valence electrons. The molecule has 3 aromatic heterocycles. The molecule has 0 saturated heterocycles. The van der Waals surface area contributed by atoms with E-state index in [1.54, 1.807) is 6.20 Å². The highest BCUT2D eigenvalue weighted by molar-refractivity contribution is 7.90. The van der Waals surface area contributed by atoms with Crippen molar-refractivity contribution in [2.75, 3.05) is 0 Å². The minimum absolute atomic E-state index is 0.0609. The molecule has 1 N–H and O–H groups in total. The lowest BCUT2D eigenvalue weighted by Crippen LogP contribution is -2.11. The van der Waals surface area contributed by atoms with Crippen LogP contribution in [-0.4, -0.2) is 28.4 Å². The zero-order valence-electron chi connectivity index (χ0n) is 20.0. The van der Waals surface area contributed by atoms with Crippen LogP contribution in [0.4, 0.5) is 13.2 Å². The first-order chi connectivity index (χ1) is 17.5. The number of hydrogen-bond donors (Lipinski definition) is 1. The summed E-state index contributed by atoms with van der Waals surface area (Å²) < 4.78 is 70.2. The van der Waals surface area contributed by atoms with E-state index >= 15 is 4.39 Å². The molecule has 5 aromatic rings. The van der Waals surface area contributed by atoms with Gasteiger partial charge >= 0.3 is 0 Å². The van der Waals surface area contributed by atoms with Gasteiger partial charge in [-0.15, -0.1) is 11.3 Å². The standard InChI is InChI=1S/C26H21F3N4O2S2/c1-26(2,3)25-33-21(22(36-25)20-16-10-11-30-24(16)32-13-31-20)15-7-4-6-14(19(15)29)12-37(34,35)23-17(27)8-5-9-18(23)28/h4-11,13H,12H2,1-3H3,(H,30,31,32). The molecule has 0 atom stereocenters. The summed E-state index contributed by atoms with van der Waals surface area (Å²) in [5.41, 5.74) is 0.928. The van der Waals surface area contributed by atoms with Crippen molar-refractivity contribution in [2.45, 2.75) is 36.8 Å². The molecule has 0 fully saturated rings. The zero-order chi connectivity index (χ0) is 26.5. The number of fused-ring (bicyclic) bond motifs is 1. The summed E-state index contributed by atoms with van der Waals surface area (Å²) in [6, 6.07) is 8.84. The van der Waals surface area contributed by atoms with Crippen molar-refractivity contribution in [3.05, 3.63) is 83.0 Å². The number of aromatic amines is 1. The number of benzene rings is 2. The van der Waals surface area contributed by atoms with Gasteiger partial charge in [-0.25, -0.2) is 36.5 Å². The third-order valence-electron chi connectivity index (χ3n) is 5.75. The quantitative estimate of drug-likeness (QED) is 0.276. The van der Waals surface area contributed by atoms with E-state index in [4.69, 9.17) is 4.98 Å². The molecule has 0 spiro atoms. The van der Waals surface area contributed by atoms with Gasteiger partial charge in [0.05, 0.1) is 27.0 Å². The highest BCUT2D eigenvalue weighted by Gasteiger charge is 2.29. The summed E-state index contributed by atoms with van der Waals surface area (Å²) in [5.74, 6) is -4.22. The van der Waals surface area contributed by atoms with E-state index < -0.39 is 37.9 Å². The van der Waals surface area contributed by atoms with Crippen LogP contribution in [0.25, 0.3) is 32.9 Å². The molecule has 3 heterocycles. The third-order valence-corrected chi connectivity index (χ3v) is 8.94. The van der Waals surface area contributed by atoms with Crippen molar-refractivity contribution in [3.63, 3.8) is 0 Å². The monoisotopic (exact) mass is 542 g/mol. The highest BCUT2D eigenvalue weighted by atomic mass is 32.2. The normalized spacial score (nSPS) is 12.4. The molecule has 5 rings (SSSR count). The number of sulfone groups is 1. The molecule has 2 aromatic carbocycles. The molecule has 0 aliphatic heterocycles. The maximum absolute atomic E-state index is 15.9. The SMILES string of the molecule is CC(C)(C)c1nc(-c2cccc(CS(=O)(=O)c3c(F)cccc3F)c2F)c(-c2ncnc3[nH]ccc23)s1. The zero-order valence-corrected chi connectivity index (χ0v) is 21.6. The van der Waals surface area contributed by atoms with Gasteiger partial charge in [0, 0.05) is 28.1 Å². The summed E-state index contributed by atoms with van der Waals surface area (Å²) in [6.07, 6.45) is 3.12. The molecule has 0 aliphatic carbocycles. The molecule has 0 radical (unpaired) electrons. The van der Waals surface area contributed by atoms with Crippen LogP contribution in [0.15, 0.2) is 59.9 Å². The molecule has 11 heteroatoms. The van der Waals surface area contributed by atoms with Crippen molar-refractivity contribution in [1.82, 2.24) is 19.9 Å². The van der Waals surface area contributed by atoms with Gasteiger partial charge in [-0.2, -0.15) is 0 Å². The number of nitrogens with one attached hydrogen (secondary N) is 1. The first kappa shape index (κ1) is 25.1. The second kappa shape index (κ2) is 9.07. The van der Waals surface area contributed by atoms with E-state index in [-0.39, 0.29) is 16.5 Å². The lowest BCUT2D eigenvalue weighted by molar-refractivity contribution is 0.518. The Bertz CT molecular complexity index is 1740. The largest absolute Gasteiger partial charge is 0.346 e. The van der Waals surface area contributed by atoms with E-state index in [1.807, 2.05) is 26.8 Å². The van der Waals surface area contributed by atoms with E-state index in [0.717, 1.165) is 28.6 Å². The van der Waals surface area contributed by atoms with Crippen molar-refractivity contribution in [1.29, 1.82) is 0 Å². The van der Waals surface area contributed by atoms with Crippen molar-refractivity contribution in [2.24, 2.45) is 0 Å². The number of halogens is 3. The second-order valence-electron chi connectivity index (χ2n) is 9.50. The molecular formula is C26H21F3N4O2S2. The van der Waals surface area contributed by atoms with Crippen LogP contribution in [0.5, 0.6) is 0 Å². The first-order valence-electron chi connectivity index (χ1n) is 11.2. The van der Waals surface area contributed by atoms with Crippen LogP contribution < -0.4 is 0 Å². The third kappa shape index (κ3) is 4.53. The highest BCUT2D eigenvalue weighted by Crippen LogP contribution is 2.43. The summed E-state index contributed by atoms with van der Waals surface area (Å²) in [5, 5.41) is 1.45. The van der Waals surface area contributed by atoms with Crippen LogP contribution in [0, 0.1) is 17.5 Å². The van der Waals surface area contributed by atoms with Gasteiger partial charge in [0.25, 0.3) is 0 Å². The van der Waals surface area contributed by atoms with E-state index in [1.165, 1.54) is 35.9 Å². The van der Waals surface area contributed by atoms with Gasteiger partial charge in [0.2, 0.25) is 0 Å². The Morgan fingerprint density at radius 1 is 0.946 bits per heavy atom. The Balaban J connectivity index is 1.67. The average Bonchev–Trinajstić information content (AvgIpc) is 3.47. The number of rotatable bonds is 5. The van der Waals surface area contributed by atoms with Crippen LogP contribution in [0.2, 0.25) is 0 Å². The van der Waals surface area contributed by atoms with Crippen LogP contribution in [0.3, 0.4) is 0 Å². The van der Waals surface area contributed by atoms with Gasteiger partial charge in [0.15, 0.2) is 9.84 Å². The first-order valence-corrected chi connectivity index (χ1v) is 13.7. The molecular weight excluding hydrogens is 521 g/mol. The number of thiazole rings is 1. The van der Waals surface area contributed by atoms with Crippen LogP contribution in [-0.2, 0) is 21.0 Å². The maximum Gasteiger partial charge on any atom is 0.188 e. The molecule has 0 amide bonds. The Morgan fingerprint density at radius 2 is 1.65 bits per heavy atom. The fourth-order valence-electron chi connectivity index (χ4n) is 3.97. The van der Waals surface area contributed by atoms with E-state index in [0.29, 0.717) is 21.9 Å². The number of hydrogen-bond acceptors (Lipinski definition) is 6. The van der Waals surface area contributed by atoms with Crippen LogP contribution in [0.1, 0.15) is 31.3 Å². The second-order valence-corrected chi connectivity index (χ2v) is 12.4. The van der Waals surface area contributed by atoms with Gasteiger partial charge in [0.1, 0.15) is 34.3 Å². The van der Waals surface area contributed by atoms with Gasteiger partial charge in [-0.05, 0) is 24.3 Å². The molecule has 0 unspecified atom stereocenters. The smallest absolute Gasteiger partial charge is 0.188 e. The summed E-state index contributed by atoms with van der Waals surface area (Å²) >= 11 is 1.36. The maximum atomic E-state index is 15.9. The van der Waals surface area contributed by atoms with E-state index in [9.17, 15) is 17.2 Å². The van der Waals surface area contributed by atoms with Gasteiger partial charge in [-0.1, -0.05) is 39.0 Å². The lowest BCUT2D eigenvalue weighted by atomic mass is 9.98. The van der Waals surface area contributed by atoms with Gasteiger partial charge < -0.3 is 4.98 Å². The van der Waals surface area contributed by atoms with E-state index in [2.05, 4.69) is 15.0 Å². The summed E-state index contributed by atoms with van der Waals surface area (Å²) in [4.78, 5) is 15.9. The average molecular weight is 543 g/mol. The fourth-order valence-corrected chi connectivity index (χ4v) is 6.62. The van der Waals surface area contributed by atoms with Crippen molar-refractivity contribution < 1.29 is 21.6 Å². The Kier molecular flexibility index (Phi) is 6.15. The molecule has 0 aliphatic rings. The van der Waals surface area contributed by atoms with Crippen molar-refractivity contribution >= 4 is 32.2 Å². The number of aromatic nitrogens is 4. The Morgan fingerprint density at radius 3 is 2.35 bits per heavy atom. The van der Waals surface area contributed by atoms with Crippen LogP contribution >= 0.6 is 11.3 Å². The van der Waals surface area contributed by atoms with Gasteiger partial charge in [-0.3, -0.25) is 0 Å². The summed E-state index contributed by atoms with van der Waals surface area (Å²) in [7, 11) is -4.53. The predicted octanol–water partition coefficient (Wildman–Crippen LogP) is 6.44. The molecule has 0 bridgehead atoms. The predicted molar refractivity (Wildman–Crippen MR) is 136 cm³/mol. The Labute approximate surface area is 215 Å². The Hall–Kier alpha value is -3.57. The van der Waals surface area contributed by atoms with Crippen molar-refractivity contribution in [3.8, 4) is 21.8 Å². The molecule has 6 nitrogen and oxygen atoms in total. The molecule has 0 saturated carbocycles. The topological polar surface area (TPSA) is 88.6 Å². The fraction of sp³-hybridized carbons (Fsp3) is 0.192. The minimum Gasteiger partial charge on any atom is -0.346 e. The molecule has 37 heavy (non-hydrogen) atoms. The minimum atomic E-state index is -4.53. The number of nitrogens with zero attached hydrogens (tertiary/aromatic N) is 3.